The Morgan fingerprint density at radius 1 is 1.24 bits per heavy atom. The summed E-state index contributed by atoms with van der Waals surface area (Å²) >= 11 is 3.45. The van der Waals surface area contributed by atoms with Crippen LogP contribution in [0.25, 0.3) is 0 Å². The molecule has 3 unspecified atom stereocenters. The molecular weight excluding hydrogens is 326 g/mol. The zero-order valence-corrected chi connectivity index (χ0v) is 15.0. The standard InChI is InChI=1S/C18H28BrNO/c1-13(2)14-4-9-18(20-3)15(12-14)10-11-21-17-7-5-16(19)6-8-17/h5-8,13-15,18,20H,4,9-12H2,1-3H3. The maximum atomic E-state index is 5.90. The summed E-state index contributed by atoms with van der Waals surface area (Å²) in [6.45, 7) is 5.54. The molecule has 0 amide bonds. The Hall–Kier alpha value is -0.540. The van der Waals surface area contributed by atoms with Gasteiger partial charge in [-0.25, -0.2) is 0 Å². The molecular formula is C18H28BrNO. The van der Waals surface area contributed by atoms with E-state index in [-0.39, 0.29) is 0 Å². The van der Waals surface area contributed by atoms with Gasteiger partial charge in [0.25, 0.3) is 0 Å². The molecule has 0 aliphatic heterocycles. The summed E-state index contributed by atoms with van der Waals surface area (Å²) in [5, 5.41) is 3.51. The first kappa shape index (κ1) is 16.8. The number of hydrogen-bond acceptors (Lipinski definition) is 2. The summed E-state index contributed by atoms with van der Waals surface area (Å²) < 4.78 is 7.00. The largest absolute Gasteiger partial charge is 0.494 e. The van der Waals surface area contributed by atoms with Gasteiger partial charge in [-0.3, -0.25) is 0 Å². The third-order valence-electron chi connectivity index (χ3n) is 4.91. The molecule has 1 aliphatic carbocycles. The van der Waals surface area contributed by atoms with Crippen molar-refractivity contribution in [1.82, 2.24) is 5.32 Å². The van der Waals surface area contributed by atoms with Gasteiger partial charge in [-0.05, 0) is 74.8 Å². The summed E-state index contributed by atoms with van der Waals surface area (Å²) in [7, 11) is 2.10. The van der Waals surface area contributed by atoms with Gasteiger partial charge in [0.2, 0.25) is 0 Å². The van der Waals surface area contributed by atoms with E-state index < -0.39 is 0 Å². The predicted octanol–water partition coefficient (Wildman–Crippen LogP) is 4.88. The van der Waals surface area contributed by atoms with Crippen LogP contribution in [0.5, 0.6) is 5.75 Å². The first-order chi connectivity index (χ1) is 10.1. The van der Waals surface area contributed by atoms with Crippen molar-refractivity contribution in [3.63, 3.8) is 0 Å². The quantitative estimate of drug-likeness (QED) is 0.786. The van der Waals surface area contributed by atoms with Crippen LogP contribution in [0, 0.1) is 17.8 Å². The van der Waals surface area contributed by atoms with E-state index in [0.29, 0.717) is 6.04 Å². The van der Waals surface area contributed by atoms with Crippen molar-refractivity contribution >= 4 is 15.9 Å². The molecule has 0 saturated heterocycles. The van der Waals surface area contributed by atoms with Crippen molar-refractivity contribution in [1.29, 1.82) is 0 Å². The van der Waals surface area contributed by atoms with Gasteiger partial charge >= 0.3 is 0 Å². The van der Waals surface area contributed by atoms with E-state index in [0.717, 1.165) is 41.0 Å². The lowest BCUT2D eigenvalue weighted by Crippen LogP contribution is -2.40. The second-order valence-corrected chi connectivity index (χ2v) is 7.48. The maximum absolute atomic E-state index is 5.90. The highest BCUT2D eigenvalue weighted by Gasteiger charge is 2.30. The lowest BCUT2D eigenvalue weighted by atomic mass is 9.72. The maximum Gasteiger partial charge on any atom is 0.119 e. The Labute approximate surface area is 137 Å². The lowest BCUT2D eigenvalue weighted by molar-refractivity contribution is 0.147. The Kier molecular flexibility index (Phi) is 6.56. The van der Waals surface area contributed by atoms with Crippen molar-refractivity contribution < 1.29 is 4.74 Å². The van der Waals surface area contributed by atoms with Crippen LogP contribution in [0.2, 0.25) is 0 Å². The third-order valence-corrected chi connectivity index (χ3v) is 5.44. The molecule has 1 aliphatic rings. The predicted molar refractivity (Wildman–Crippen MR) is 92.8 cm³/mol. The van der Waals surface area contributed by atoms with Gasteiger partial charge in [0.05, 0.1) is 6.61 Å². The second-order valence-electron chi connectivity index (χ2n) is 6.56. The van der Waals surface area contributed by atoms with Gasteiger partial charge in [0.15, 0.2) is 0 Å². The molecule has 1 fully saturated rings. The van der Waals surface area contributed by atoms with Gasteiger partial charge in [-0.1, -0.05) is 29.8 Å². The summed E-state index contributed by atoms with van der Waals surface area (Å²) in [5.41, 5.74) is 0. The molecule has 3 heteroatoms. The fraction of sp³-hybridized carbons (Fsp3) is 0.667. The van der Waals surface area contributed by atoms with Crippen molar-refractivity contribution in [2.75, 3.05) is 13.7 Å². The highest BCUT2D eigenvalue weighted by molar-refractivity contribution is 9.10. The van der Waals surface area contributed by atoms with Crippen molar-refractivity contribution in [2.45, 2.75) is 45.6 Å². The van der Waals surface area contributed by atoms with Crippen LogP contribution in [-0.2, 0) is 0 Å². The van der Waals surface area contributed by atoms with E-state index in [1.807, 2.05) is 24.3 Å². The molecule has 1 N–H and O–H groups in total. The third kappa shape index (κ3) is 5.00. The minimum atomic E-state index is 0.661. The van der Waals surface area contributed by atoms with Gasteiger partial charge in [0, 0.05) is 10.5 Å². The average molecular weight is 354 g/mol. The monoisotopic (exact) mass is 353 g/mol. The molecule has 0 aromatic heterocycles. The first-order valence-electron chi connectivity index (χ1n) is 8.15. The number of nitrogens with one attached hydrogen (secondary N) is 1. The number of benzene rings is 1. The topological polar surface area (TPSA) is 21.3 Å². The van der Waals surface area contributed by atoms with Crippen molar-refractivity contribution in [3.05, 3.63) is 28.7 Å². The van der Waals surface area contributed by atoms with Crippen molar-refractivity contribution in [2.24, 2.45) is 17.8 Å². The molecule has 0 radical (unpaired) electrons. The Balaban J connectivity index is 1.82. The van der Waals surface area contributed by atoms with Gasteiger partial charge in [-0.15, -0.1) is 0 Å². The Bertz CT molecular complexity index is 418. The van der Waals surface area contributed by atoms with Gasteiger partial charge in [-0.2, -0.15) is 0 Å². The van der Waals surface area contributed by atoms with E-state index >= 15 is 0 Å². The zero-order chi connectivity index (χ0) is 15.2. The number of ether oxygens (including phenoxy) is 1. The van der Waals surface area contributed by atoms with Crippen LogP contribution in [0.15, 0.2) is 28.7 Å². The van der Waals surface area contributed by atoms with E-state index in [9.17, 15) is 0 Å². The fourth-order valence-electron chi connectivity index (χ4n) is 3.46. The zero-order valence-electron chi connectivity index (χ0n) is 13.4. The first-order valence-corrected chi connectivity index (χ1v) is 8.95. The van der Waals surface area contributed by atoms with Crippen LogP contribution in [0.1, 0.15) is 39.5 Å². The van der Waals surface area contributed by atoms with Crippen LogP contribution in [0.3, 0.4) is 0 Å². The molecule has 2 rings (SSSR count). The van der Waals surface area contributed by atoms with Gasteiger partial charge in [0.1, 0.15) is 5.75 Å². The molecule has 0 bridgehead atoms. The summed E-state index contributed by atoms with van der Waals surface area (Å²) in [6, 6.07) is 8.77. The molecule has 2 nitrogen and oxygen atoms in total. The normalized spacial score (nSPS) is 26.0. The Morgan fingerprint density at radius 3 is 2.57 bits per heavy atom. The highest BCUT2D eigenvalue weighted by atomic mass is 79.9. The smallest absolute Gasteiger partial charge is 0.119 e. The molecule has 3 atom stereocenters. The van der Waals surface area contributed by atoms with Crippen LogP contribution < -0.4 is 10.1 Å². The highest BCUT2D eigenvalue weighted by Crippen LogP contribution is 2.35. The minimum Gasteiger partial charge on any atom is -0.494 e. The molecule has 1 saturated carbocycles. The molecule has 0 spiro atoms. The molecule has 118 valence electrons. The summed E-state index contributed by atoms with van der Waals surface area (Å²) in [4.78, 5) is 0. The lowest BCUT2D eigenvalue weighted by Gasteiger charge is -2.37. The number of rotatable bonds is 6. The van der Waals surface area contributed by atoms with Crippen molar-refractivity contribution in [3.8, 4) is 5.75 Å². The Morgan fingerprint density at radius 2 is 1.95 bits per heavy atom. The average Bonchev–Trinajstić information content (AvgIpc) is 2.49. The van der Waals surface area contributed by atoms with E-state index in [4.69, 9.17) is 4.74 Å². The summed E-state index contributed by atoms with van der Waals surface area (Å²) in [5.74, 6) is 3.40. The SMILES string of the molecule is CNC1CCC(C(C)C)CC1CCOc1ccc(Br)cc1. The molecule has 0 heterocycles. The van der Waals surface area contributed by atoms with Gasteiger partial charge < -0.3 is 10.1 Å². The van der Waals surface area contributed by atoms with E-state index in [1.54, 1.807) is 0 Å². The summed E-state index contributed by atoms with van der Waals surface area (Å²) in [6.07, 6.45) is 5.16. The van der Waals surface area contributed by atoms with Crippen LogP contribution in [0.4, 0.5) is 0 Å². The van der Waals surface area contributed by atoms with E-state index in [1.165, 1.54) is 19.3 Å². The second kappa shape index (κ2) is 8.19. The number of hydrogen-bond donors (Lipinski definition) is 1. The molecule has 1 aromatic carbocycles. The van der Waals surface area contributed by atoms with Crippen LogP contribution >= 0.6 is 15.9 Å². The number of halogens is 1. The van der Waals surface area contributed by atoms with Crippen LogP contribution in [-0.4, -0.2) is 19.7 Å². The molecule has 21 heavy (non-hydrogen) atoms. The fourth-order valence-corrected chi connectivity index (χ4v) is 3.73. The minimum absolute atomic E-state index is 0.661. The molecule has 1 aromatic rings. The van der Waals surface area contributed by atoms with E-state index in [2.05, 4.69) is 42.1 Å².